The summed E-state index contributed by atoms with van der Waals surface area (Å²) in [6.45, 7) is 2.43. The molecule has 2 aromatic rings. The van der Waals surface area contributed by atoms with Crippen LogP contribution in [0.2, 0.25) is 0 Å². The number of ether oxygens (including phenoxy) is 4. The van der Waals surface area contributed by atoms with E-state index in [9.17, 15) is 4.79 Å². The predicted molar refractivity (Wildman–Crippen MR) is 97.1 cm³/mol. The molecular formula is C20H22O5. The topological polar surface area (TPSA) is 54.0 Å². The molecule has 5 heteroatoms. The van der Waals surface area contributed by atoms with Crippen LogP contribution in [0, 0.1) is 0 Å². The minimum Gasteiger partial charge on any atom is -0.497 e. The second-order valence-electron chi connectivity index (χ2n) is 5.08. The molecular weight excluding hydrogens is 320 g/mol. The summed E-state index contributed by atoms with van der Waals surface area (Å²) in [5.74, 6) is 2.11. The Balaban J connectivity index is 2.34. The lowest BCUT2D eigenvalue weighted by Gasteiger charge is -2.11. The van der Waals surface area contributed by atoms with Crippen LogP contribution in [0.5, 0.6) is 23.0 Å². The van der Waals surface area contributed by atoms with Crippen LogP contribution in [0.3, 0.4) is 0 Å². The summed E-state index contributed by atoms with van der Waals surface area (Å²) in [7, 11) is 4.65. The van der Waals surface area contributed by atoms with E-state index in [0.29, 0.717) is 35.2 Å². The van der Waals surface area contributed by atoms with Gasteiger partial charge in [-0.05, 0) is 43.3 Å². The highest BCUT2D eigenvalue weighted by atomic mass is 16.5. The molecule has 0 N–H and O–H groups in total. The van der Waals surface area contributed by atoms with Gasteiger partial charge in [0.05, 0.1) is 33.5 Å². The van der Waals surface area contributed by atoms with E-state index in [1.807, 2.05) is 25.1 Å². The molecule has 25 heavy (non-hydrogen) atoms. The van der Waals surface area contributed by atoms with E-state index in [1.165, 1.54) is 13.2 Å². The molecule has 0 aliphatic carbocycles. The van der Waals surface area contributed by atoms with Crippen LogP contribution in [-0.2, 0) is 0 Å². The number of carbonyl (C=O) groups excluding carboxylic acids is 1. The molecule has 0 bridgehead atoms. The van der Waals surface area contributed by atoms with Crippen molar-refractivity contribution in [3.8, 4) is 23.0 Å². The van der Waals surface area contributed by atoms with Crippen molar-refractivity contribution in [3.05, 3.63) is 53.6 Å². The number of carbonyl (C=O) groups is 1. The molecule has 0 aliphatic heterocycles. The molecule has 0 heterocycles. The molecule has 0 radical (unpaired) electrons. The van der Waals surface area contributed by atoms with E-state index in [1.54, 1.807) is 38.5 Å². The second kappa shape index (κ2) is 8.78. The van der Waals surface area contributed by atoms with Crippen molar-refractivity contribution >= 4 is 11.9 Å². The van der Waals surface area contributed by atoms with Crippen molar-refractivity contribution < 1.29 is 23.7 Å². The molecule has 0 unspecified atom stereocenters. The zero-order valence-corrected chi connectivity index (χ0v) is 14.9. The summed E-state index contributed by atoms with van der Waals surface area (Å²) in [4.78, 5) is 12.6. The van der Waals surface area contributed by atoms with Crippen LogP contribution < -0.4 is 18.9 Å². The Morgan fingerprint density at radius 3 is 2.44 bits per heavy atom. The van der Waals surface area contributed by atoms with Gasteiger partial charge in [0.2, 0.25) is 0 Å². The van der Waals surface area contributed by atoms with Crippen molar-refractivity contribution in [2.45, 2.75) is 6.92 Å². The van der Waals surface area contributed by atoms with Gasteiger partial charge in [-0.25, -0.2) is 0 Å². The highest BCUT2D eigenvalue weighted by molar-refractivity contribution is 6.09. The maximum absolute atomic E-state index is 12.6. The fraction of sp³-hybridized carbons (Fsp3) is 0.250. The third kappa shape index (κ3) is 4.32. The highest BCUT2D eigenvalue weighted by Crippen LogP contribution is 2.32. The lowest BCUT2D eigenvalue weighted by molar-refractivity contribution is 0.104. The average Bonchev–Trinajstić information content (AvgIpc) is 2.65. The first kappa shape index (κ1) is 18.4. The molecule has 132 valence electrons. The first-order valence-electron chi connectivity index (χ1n) is 7.88. The van der Waals surface area contributed by atoms with Crippen LogP contribution in [0.25, 0.3) is 6.08 Å². The lowest BCUT2D eigenvalue weighted by Crippen LogP contribution is -2.00. The molecule has 0 aliphatic rings. The molecule has 0 amide bonds. The summed E-state index contributed by atoms with van der Waals surface area (Å²) in [6.07, 6.45) is 3.17. The largest absolute Gasteiger partial charge is 0.497 e. The fourth-order valence-corrected chi connectivity index (χ4v) is 2.41. The number of benzene rings is 2. The van der Waals surface area contributed by atoms with Gasteiger partial charge in [0.15, 0.2) is 17.3 Å². The summed E-state index contributed by atoms with van der Waals surface area (Å²) < 4.78 is 21.4. The molecule has 0 atom stereocenters. The molecule has 0 saturated heterocycles. The molecule has 0 saturated carbocycles. The fourth-order valence-electron chi connectivity index (χ4n) is 2.41. The van der Waals surface area contributed by atoms with Gasteiger partial charge in [0, 0.05) is 5.56 Å². The SMILES string of the molecule is CCOc1cccc(C=CC(=O)c2cc(OC)ccc2OC)c1OC. The van der Waals surface area contributed by atoms with Gasteiger partial charge >= 0.3 is 0 Å². The zero-order chi connectivity index (χ0) is 18.2. The van der Waals surface area contributed by atoms with E-state index in [0.717, 1.165) is 5.56 Å². The van der Waals surface area contributed by atoms with Crippen molar-refractivity contribution in [1.29, 1.82) is 0 Å². The van der Waals surface area contributed by atoms with Crippen molar-refractivity contribution in [2.24, 2.45) is 0 Å². The maximum Gasteiger partial charge on any atom is 0.189 e. The van der Waals surface area contributed by atoms with Crippen molar-refractivity contribution in [3.63, 3.8) is 0 Å². The third-order valence-corrected chi connectivity index (χ3v) is 3.60. The molecule has 2 aromatic carbocycles. The van der Waals surface area contributed by atoms with E-state index in [-0.39, 0.29) is 5.78 Å². The lowest BCUT2D eigenvalue weighted by atomic mass is 10.1. The number of rotatable bonds is 8. The van der Waals surface area contributed by atoms with Crippen LogP contribution >= 0.6 is 0 Å². The first-order valence-corrected chi connectivity index (χ1v) is 7.88. The quantitative estimate of drug-likeness (QED) is 0.536. The molecule has 0 fully saturated rings. The van der Waals surface area contributed by atoms with Crippen LogP contribution in [0.15, 0.2) is 42.5 Å². The molecule has 2 rings (SSSR count). The van der Waals surface area contributed by atoms with E-state index in [2.05, 4.69) is 0 Å². The number of methoxy groups -OCH3 is 3. The maximum atomic E-state index is 12.6. The van der Waals surface area contributed by atoms with Gasteiger partial charge in [-0.1, -0.05) is 12.1 Å². The number of allylic oxidation sites excluding steroid dienone is 1. The molecule has 0 spiro atoms. The smallest absolute Gasteiger partial charge is 0.189 e. The number of hydrogen-bond donors (Lipinski definition) is 0. The van der Waals surface area contributed by atoms with Gasteiger partial charge in [-0.2, -0.15) is 0 Å². The Labute approximate surface area is 147 Å². The molecule has 5 nitrogen and oxygen atoms in total. The Morgan fingerprint density at radius 1 is 1.00 bits per heavy atom. The summed E-state index contributed by atoms with van der Waals surface area (Å²) >= 11 is 0. The second-order valence-corrected chi connectivity index (χ2v) is 5.08. The van der Waals surface area contributed by atoms with E-state index in [4.69, 9.17) is 18.9 Å². The Kier molecular flexibility index (Phi) is 6.46. The normalized spacial score (nSPS) is 10.6. The monoisotopic (exact) mass is 342 g/mol. The number of hydrogen-bond acceptors (Lipinski definition) is 5. The number of para-hydroxylation sites is 1. The van der Waals surface area contributed by atoms with E-state index < -0.39 is 0 Å². The van der Waals surface area contributed by atoms with Crippen LogP contribution in [0.1, 0.15) is 22.8 Å². The Hall–Kier alpha value is -2.95. The van der Waals surface area contributed by atoms with Gasteiger partial charge in [-0.3, -0.25) is 4.79 Å². The minimum absolute atomic E-state index is 0.195. The highest BCUT2D eigenvalue weighted by Gasteiger charge is 2.12. The van der Waals surface area contributed by atoms with Gasteiger partial charge in [0.25, 0.3) is 0 Å². The minimum atomic E-state index is -0.195. The third-order valence-electron chi connectivity index (χ3n) is 3.60. The first-order chi connectivity index (χ1) is 12.1. The Morgan fingerprint density at radius 2 is 1.80 bits per heavy atom. The summed E-state index contributed by atoms with van der Waals surface area (Å²) in [5, 5.41) is 0. The Bertz CT molecular complexity index is 765. The van der Waals surface area contributed by atoms with Gasteiger partial charge in [0.1, 0.15) is 11.5 Å². The summed E-state index contributed by atoms with van der Waals surface area (Å²) in [5.41, 5.74) is 1.18. The average molecular weight is 342 g/mol. The summed E-state index contributed by atoms with van der Waals surface area (Å²) in [6, 6.07) is 10.6. The van der Waals surface area contributed by atoms with Gasteiger partial charge in [-0.15, -0.1) is 0 Å². The van der Waals surface area contributed by atoms with Gasteiger partial charge < -0.3 is 18.9 Å². The van der Waals surface area contributed by atoms with Crippen molar-refractivity contribution in [2.75, 3.05) is 27.9 Å². The zero-order valence-electron chi connectivity index (χ0n) is 14.9. The van der Waals surface area contributed by atoms with E-state index >= 15 is 0 Å². The standard InChI is InChI=1S/C20H22O5/c1-5-25-19-8-6-7-14(20(19)24-4)9-11-17(21)16-13-15(22-2)10-12-18(16)23-3/h6-13H,5H2,1-4H3. The van der Waals surface area contributed by atoms with Crippen LogP contribution in [0.4, 0.5) is 0 Å². The molecule has 0 aromatic heterocycles. The predicted octanol–water partition coefficient (Wildman–Crippen LogP) is 4.01. The van der Waals surface area contributed by atoms with Crippen molar-refractivity contribution in [1.82, 2.24) is 0 Å². The number of ketones is 1. The van der Waals surface area contributed by atoms with Crippen LogP contribution in [-0.4, -0.2) is 33.7 Å².